The largest absolute Gasteiger partial charge is 0.491 e. The molecule has 0 bridgehead atoms. The van der Waals surface area contributed by atoms with Crippen LogP contribution in [0, 0.1) is 0 Å². The number of amides is 1. The zero-order valence-corrected chi connectivity index (χ0v) is 11.3. The Morgan fingerprint density at radius 2 is 1.94 bits per heavy atom. The van der Waals surface area contributed by atoms with Gasteiger partial charge in [0.15, 0.2) is 0 Å². The van der Waals surface area contributed by atoms with Gasteiger partial charge >= 0.3 is 0 Å². The lowest BCUT2D eigenvalue weighted by Gasteiger charge is -2.11. The Labute approximate surface area is 109 Å². The third-order valence-electron chi connectivity index (χ3n) is 2.28. The number of nitrogens with one attached hydrogen (secondary N) is 2. The van der Waals surface area contributed by atoms with E-state index in [-0.39, 0.29) is 12.0 Å². The van der Waals surface area contributed by atoms with Gasteiger partial charge < -0.3 is 15.4 Å². The molecule has 0 aliphatic rings. The van der Waals surface area contributed by atoms with E-state index >= 15 is 0 Å². The van der Waals surface area contributed by atoms with Crippen LogP contribution in [0.3, 0.4) is 0 Å². The highest BCUT2D eigenvalue weighted by Gasteiger charge is 2.00. The Bertz CT molecular complexity index is 361. The lowest BCUT2D eigenvalue weighted by molar-refractivity contribution is -0.120. The standard InChI is InChI=1S/C14H22N2O2/c1-4-15-14(17)9-10-16-12-5-7-13(8-6-12)18-11(2)3/h5-8,11,16H,4,9-10H2,1-3H3,(H,15,17). The highest BCUT2D eigenvalue weighted by Crippen LogP contribution is 2.16. The van der Waals surface area contributed by atoms with Crippen molar-refractivity contribution in [3.8, 4) is 5.75 Å². The second-order valence-corrected chi connectivity index (χ2v) is 4.32. The van der Waals surface area contributed by atoms with Gasteiger partial charge in [0.1, 0.15) is 5.75 Å². The lowest BCUT2D eigenvalue weighted by atomic mass is 10.3. The maximum absolute atomic E-state index is 11.2. The summed E-state index contributed by atoms with van der Waals surface area (Å²) in [4.78, 5) is 11.2. The number of benzene rings is 1. The number of anilines is 1. The van der Waals surface area contributed by atoms with E-state index in [0.29, 0.717) is 19.5 Å². The minimum Gasteiger partial charge on any atom is -0.491 e. The summed E-state index contributed by atoms with van der Waals surface area (Å²) in [5, 5.41) is 5.96. The SMILES string of the molecule is CCNC(=O)CCNc1ccc(OC(C)C)cc1. The van der Waals surface area contributed by atoms with Crippen LogP contribution in [0.1, 0.15) is 27.2 Å². The molecule has 0 heterocycles. The van der Waals surface area contributed by atoms with E-state index in [4.69, 9.17) is 4.74 Å². The quantitative estimate of drug-likeness (QED) is 0.781. The second-order valence-electron chi connectivity index (χ2n) is 4.32. The number of carbonyl (C=O) groups excluding carboxylic acids is 1. The Kier molecular flexibility index (Phi) is 6.05. The topological polar surface area (TPSA) is 50.4 Å². The van der Waals surface area contributed by atoms with Crippen molar-refractivity contribution >= 4 is 11.6 Å². The monoisotopic (exact) mass is 250 g/mol. The maximum Gasteiger partial charge on any atom is 0.221 e. The number of rotatable bonds is 7. The smallest absolute Gasteiger partial charge is 0.221 e. The van der Waals surface area contributed by atoms with E-state index in [2.05, 4.69) is 10.6 Å². The molecule has 0 unspecified atom stereocenters. The number of ether oxygens (including phenoxy) is 1. The molecule has 4 heteroatoms. The first kappa shape index (κ1) is 14.4. The zero-order chi connectivity index (χ0) is 13.4. The molecule has 0 saturated carbocycles. The molecule has 1 aromatic rings. The molecular weight excluding hydrogens is 228 g/mol. The van der Waals surface area contributed by atoms with Gasteiger partial charge in [0.2, 0.25) is 5.91 Å². The molecule has 0 aromatic heterocycles. The van der Waals surface area contributed by atoms with Crippen molar-refractivity contribution in [3.63, 3.8) is 0 Å². The van der Waals surface area contributed by atoms with Crippen molar-refractivity contribution in [1.29, 1.82) is 0 Å². The third-order valence-corrected chi connectivity index (χ3v) is 2.28. The summed E-state index contributed by atoms with van der Waals surface area (Å²) in [5.74, 6) is 0.934. The van der Waals surface area contributed by atoms with Gasteiger partial charge in [0.25, 0.3) is 0 Å². The van der Waals surface area contributed by atoms with Crippen LogP contribution in [0.4, 0.5) is 5.69 Å². The van der Waals surface area contributed by atoms with Crippen molar-refractivity contribution in [1.82, 2.24) is 5.32 Å². The Hall–Kier alpha value is -1.71. The Morgan fingerprint density at radius 3 is 2.50 bits per heavy atom. The summed E-state index contributed by atoms with van der Waals surface area (Å²) in [7, 11) is 0. The number of hydrogen-bond donors (Lipinski definition) is 2. The molecule has 100 valence electrons. The molecule has 0 saturated heterocycles. The van der Waals surface area contributed by atoms with Crippen LogP contribution < -0.4 is 15.4 Å². The third kappa shape index (κ3) is 5.57. The summed E-state index contributed by atoms with van der Waals surface area (Å²) < 4.78 is 5.55. The first-order valence-corrected chi connectivity index (χ1v) is 6.39. The summed E-state index contributed by atoms with van der Waals surface area (Å²) in [5.41, 5.74) is 0.996. The fourth-order valence-corrected chi connectivity index (χ4v) is 1.53. The van der Waals surface area contributed by atoms with Crippen LogP contribution in [0.2, 0.25) is 0 Å². The molecule has 4 nitrogen and oxygen atoms in total. The van der Waals surface area contributed by atoms with Crippen LogP contribution in [0.5, 0.6) is 5.75 Å². The predicted molar refractivity (Wildman–Crippen MR) is 74.0 cm³/mol. The molecule has 0 atom stereocenters. The predicted octanol–water partition coefficient (Wildman–Crippen LogP) is 2.41. The van der Waals surface area contributed by atoms with Crippen LogP contribution in [0.15, 0.2) is 24.3 Å². The second kappa shape index (κ2) is 7.58. The molecule has 1 aromatic carbocycles. The summed E-state index contributed by atoms with van der Waals surface area (Å²) in [6.45, 7) is 7.23. The van der Waals surface area contributed by atoms with E-state index in [1.165, 1.54) is 0 Å². The Balaban J connectivity index is 2.33. The molecule has 0 aliphatic carbocycles. The van der Waals surface area contributed by atoms with Gasteiger partial charge in [-0.15, -0.1) is 0 Å². The highest BCUT2D eigenvalue weighted by molar-refractivity contribution is 5.76. The van der Waals surface area contributed by atoms with Gasteiger partial charge in [-0.05, 0) is 45.0 Å². The van der Waals surface area contributed by atoms with E-state index in [1.807, 2.05) is 45.0 Å². The fraction of sp³-hybridized carbons (Fsp3) is 0.500. The summed E-state index contributed by atoms with van der Waals surface area (Å²) in [6, 6.07) is 7.76. The molecule has 0 fully saturated rings. The minimum atomic E-state index is 0.0739. The molecular formula is C14H22N2O2. The van der Waals surface area contributed by atoms with Crippen molar-refractivity contribution in [3.05, 3.63) is 24.3 Å². The molecule has 1 amide bonds. The summed E-state index contributed by atoms with van der Waals surface area (Å²) in [6.07, 6.45) is 0.666. The highest BCUT2D eigenvalue weighted by atomic mass is 16.5. The number of hydrogen-bond acceptors (Lipinski definition) is 3. The summed E-state index contributed by atoms with van der Waals surface area (Å²) >= 11 is 0. The van der Waals surface area contributed by atoms with Gasteiger partial charge in [-0.25, -0.2) is 0 Å². The van der Waals surface area contributed by atoms with Crippen molar-refractivity contribution in [2.24, 2.45) is 0 Å². The molecule has 2 N–H and O–H groups in total. The fourth-order valence-electron chi connectivity index (χ4n) is 1.53. The van der Waals surface area contributed by atoms with E-state index in [9.17, 15) is 4.79 Å². The normalized spacial score (nSPS) is 10.2. The van der Waals surface area contributed by atoms with Crippen molar-refractivity contribution < 1.29 is 9.53 Å². The first-order valence-electron chi connectivity index (χ1n) is 6.39. The van der Waals surface area contributed by atoms with Crippen molar-refractivity contribution in [2.45, 2.75) is 33.3 Å². The van der Waals surface area contributed by atoms with Crippen LogP contribution in [-0.2, 0) is 4.79 Å². The van der Waals surface area contributed by atoms with Crippen molar-refractivity contribution in [2.75, 3.05) is 18.4 Å². The molecule has 1 rings (SSSR count). The molecule has 0 radical (unpaired) electrons. The van der Waals surface area contributed by atoms with Gasteiger partial charge in [-0.2, -0.15) is 0 Å². The Morgan fingerprint density at radius 1 is 1.28 bits per heavy atom. The van der Waals surface area contributed by atoms with E-state index in [1.54, 1.807) is 0 Å². The van der Waals surface area contributed by atoms with Gasteiger partial charge in [0.05, 0.1) is 6.10 Å². The lowest BCUT2D eigenvalue weighted by Crippen LogP contribution is -2.24. The average molecular weight is 250 g/mol. The molecule has 18 heavy (non-hydrogen) atoms. The minimum absolute atomic E-state index is 0.0739. The van der Waals surface area contributed by atoms with Crippen LogP contribution in [-0.4, -0.2) is 25.1 Å². The van der Waals surface area contributed by atoms with Crippen LogP contribution in [0.25, 0.3) is 0 Å². The number of carbonyl (C=O) groups is 1. The molecule has 0 aliphatic heterocycles. The van der Waals surface area contributed by atoms with Gasteiger partial charge in [0, 0.05) is 25.2 Å². The first-order chi connectivity index (χ1) is 8.61. The zero-order valence-electron chi connectivity index (χ0n) is 11.3. The maximum atomic E-state index is 11.2. The van der Waals surface area contributed by atoms with Gasteiger partial charge in [-0.3, -0.25) is 4.79 Å². The van der Waals surface area contributed by atoms with Gasteiger partial charge in [-0.1, -0.05) is 0 Å². The molecule has 0 spiro atoms. The van der Waals surface area contributed by atoms with E-state index in [0.717, 1.165) is 11.4 Å². The van der Waals surface area contributed by atoms with Crippen LogP contribution >= 0.6 is 0 Å². The van der Waals surface area contributed by atoms with E-state index < -0.39 is 0 Å². The average Bonchev–Trinajstić information content (AvgIpc) is 2.31.